The largest absolute Gasteiger partial charge is 0.376 e. The third-order valence-electron chi connectivity index (χ3n) is 4.82. The number of amides is 3. The van der Waals surface area contributed by atoms with Gasteiger partial charge in [-0.05, 0) is 37.5 Å². The van der Waals surface area contributed by atoms with Gasteiger partial charge in [0, 0.05) is 18.2 Å². The highest BCUT2D eigenvalue weighted by Crippen LogP contribution is 2.27. The van der Waals surface area contributed by atoms with Gasteiger partial charge in [-0.1, -0.05) is 20.3 Å². The fourth-order valence-corrected chi connectivity index (χ4v) is 3.36. The first-order chi connectivity index (χ1) is 12.0. The minimum absolute atomic E-state index is 0.0729. The van der Waals surface area contributed by atoms with Gasteiger partial charge in [-0.25, -0.2) is 0 Å². The topological polar surface area (TPSA) is 75.7 Å². The third kappa shape index (κ3) is 3.58. The number of fused-ring (bicyclic) bond motifs is 1. The summed E-state index contributed by atoms with van der Waals surface area (Å²) < 4.78 is 5.53. The fourth-order valence-electron chi connectivity index (χ4n) is 3.36. The van der Waals surface area contributed by atoms with Gasteiger partial charge in [-0.15, -0.1) is 0 Å². The van der Waals surface area contributed by atoms with Gasteiger partial charge in [0.05, 0.1) is 23.8 Å². The predicted molar refractivity (Wildman–Crippen MR) is 93.5 cm³/mol. The number of imide groups is 1. The number of nitrogens with one attached hydrogen (secondary N) is 1. The van der Waals surface area contributed by atoms with Gasteiger partial charge < -0.3 is 10.1 Å². The number of anilines is 1. The molecule has 0 unspecified atom stereocenters. The van der Waals surface area contributed by atoms with Crippen molar-refractivity contribution in [3.8, 4) is 0 Å². The zero-order valence-electron chi connectivity index (χ0n) is 14.7. The number of hydrogen-bond donors (Lipinski definition) is 1. The third-order valence-corrected chi connectivity index (χ3v) is 4.82. The molecule has 2 aliphatic heterocycles. The summed E-state index contributed by atoms with van der Waals surface area (Å²) in [6.45, 7) is 4.89. The first kappa shape index (κ1) is 17.6. The molecule has 1 fully saturated rings. The van der Waals surface area contributed by atoms with Gasteiger partial charge in [0.25, 0.3) is 11.8 Å². The molecule has 1 N–H and O–H groups in total. The molecule has 6 nitrogen and oxygen atoms in total. The second kappa shape index (κ2) is 7.35. The number of ether oxygens (including phenoxy) is 1. The van der Waals surface area contributed by atoms with Crippen molar-refractivity contribution in [2.75, 3.05) is 18.5 Å². The SMILES string of the molecule is CCC[C@@H](C)C(=O)Nc1ccc2c(c1)C(=O)N(C[C@H]1CCCO1)C2=O. The number of carbonyl (C=O) groups excluding carboxylic acids is 3. The van der Waals surface area contributed by atoms with E-state index in [0.717, 1.165) is 25.7 Å². The van der Waals surface area contributed by atoms with E-state index in [1.54, 1.807) is 18.2 Å². The van der Waals surface area contributed by atoms with Crippen LogP contribution in [0.15, 0.2) is 18.2 Å². The molecule has 2 aliphatic rings. The maximum absolute atomic E-state index is 12.6. The van der Waals surface area contributed by atoms with Crippen molar-refractivity contribution in [3.05, 3.63) is 29.3 Å². The minimum atomic E-state index is -0.312. The van der Waals surface area contributed by atoms with Crippen LogP contribution >= 0.6 is 0 Å². The van der Waals surface area contributed by atoms with Crippen molar-refractivity contribution < 1.29 is 19.1 Å². The lowest BCUT2D eigenvalue weighted by atomic mass is 10.0. The summed E-state index contributed by atoms with van der Waals surface area (Å²) in [6.07, 6.45) is 3.49. The molecule has 0 aliphatic carbocycles. The average molecular weight is 344 g/mol. The van der Waals surface area contributed by atoms with E-state index in [0.29, 0.717) is 30.0 Å². The Hall–Kier alpha value is -2.21. The van der Waals surface area contributed by atoms with Crippen LogP contribution < -0.4 is 5.32 Å². The van der Waals surface area contributed by atoms with Crippen molar-refractivity contribution in [1.29, 1.82) is 0 Å². The maximum Gasteiger partial charge on any atom is 0.261 e. The first-order valence-corrected chi connectivity index (χ1v) is 8.94. The minimum Gasteiger partial charge on any atom is -0.376 e. The Kier molecular flexibility index (Phi) is 5.18. The monoisotopic (exact) mass is 344 g/mol. The molecule has 6 heteroatoms. The molecule has 25 heavy (non-hydrogen) atoms. The molecule has 2 atom stereocenters. The smallest absolute Gasteiger partial charge is 0.261 e. The molecule has 0 spiro atoms. The van der Waals surface area contributed by atoms with E-state index in [1.807, 2.05) is 13.8 Å². The Balaban J connectivity index is 1.73. The highest BCUT2D eigenvalue weighted by atomic mass is 16.5. The number of carbonyl (C=O) groups is 3. The van der Waals surface area contributed by atoms with Gasteiger partial charge in [0.15, 0.2) is 0 Å². The summed E-state index contributed by atoms with van der Waals surface area (Å²) in [6, 6.07) is 4.89. The van der Waals surface area contributed by atoms with Crippen molar-refractivity contribution in [2.24, 2.45) is 5.92 Å². The summed E-state index contributed by atoms with van der Waals surface area (Å²) >= 11 is 0. The zero-order valence-corrected chi connectivity index (χ0v) is 14.7. The van der Waals surface area contributed by atoms with E-state index < -0.39 is 0 Å². The van der Waals surface area contributed by atoms with Gasteiger partial charge in [-0.2, -0.15) is 0 Å². The predicted octanol–water partition coefficient (Wildman–Crippen LogP) is 2.84. The number of hydrogen-bond acceptors (Lipinski definition) is 4. The van der Waals surface area contributed by atoms with Crippen LogP contribution in [0.3, 0.4) is 0 Å². The summed E-state index contributed by atoms with van der Waals surface area (Å²) in [7, 11) is 0. The molecular formula is C19H24N2O4. The number of benzene rings is 1. The molecule has 2 heterocycles. The lowest BCUT2D eigenvalue weighted by Crippen LogP contribution is -2.36. The molecular weight excluding hydrogens is 320 g/mol. The second-order valence-corrected chi connectivity index (χ2v) is 6.80. The molecule has 0 aromatic heterocycles. The van der Waals surface area contributed by atoms with Crippen LogP contribution in [0.1, 0.15) is 60.2 Å². The fraction of sp³-hybridized carbons (Fsp3) is 0.526. The average Bonchev–Trinajstić information content (AvgIpc) is 3.18. The second-order valence-electron chi connectivity index (χ2n) is 6.80. The van der Waals surface area contributed by atoms with Crippen LogP contribution in [0.4, 0.5) is 5.69 Å². The quantitative estimate of drug-likeness (QED) is 0.805. The molecule has 3 amide bonds. The molecule has 1 aromatic carbocycles. The van der Waals surface area contributed by atoms with Crippen molar-refractivity contribution in [2.45, 2.75) is 45.6 Å². The first-order valence-electron chi connectivity index (χ1n) is 8.94. The summed E-state index contributed by atoms with van der Waals surface area (Å²) in [5.74, 6) is -0.762. The summed E-state index contributed by atoms with van der Waals surface area (Å²) in [4.78, 5) is 38.5. The lowest BCUT2D eigenvalue weighted by molar-refractivity contribution is -0.119. The Morgan fingerprint density at radius 2 is 2.08 bits per heavy atom. The lowest BCUT2D eigenvalue weighted by Gasteiger charge is -2.17. The van der Waals surface area contributed by atoms with Gasteiger partial charge in [0.2, 0.25) is 5.91 Å². The highest BCUT2D eigenvalue weighted by Gasteiger charge is 2.37. The van der Waals surface area contributed by atoms with Gasteiger partial charge in [-0.3, -0.25) is 19.3 Å². The molecule has 0 radical (unpaired) electrons. The molecule has 134 valence electrons. The zero-order chi connectivity index (χ0) is 18.0. The van der Waals surface area contributed by atoms with Crippen molar-refractivity contribution >= 4 is 23.4 Å². The Morgan fingerprint density at radius 1 is 1.32 bits per heavy atom. The van der Waals surface area contributed by atoms with Crippen LogP contribution in [-0.4, -0.2) is 41.9 Å². The van der Waals surface area contributed by atoms with Crippen LogP contribution in [0, 0.1) is 5.92 Å². The molecule has 3 rings (SSSR count). The van der Waals surface area contributed by atoms with Crippen LogP contribution in [0.5, 0.6) is 0 Å². The molecule has 0 bridgehead atoms. The van der Waals surface area contributed by atoms with E-state index in [2.05, 4.69) is 5.32 Å². The normalized spacial score (nSPS) is 20.7. The van der Waals surface area contributed by atoms with Gasteiger partial charge in [0.1, 0.15) is 0 Å². The van der Waals surface area contributed by atoms with Crippen molar-refractivity contribution in [3.63, 3.8) is 0 Å². The Labute approximate surface area is 147 Å². The van der Waals surface area contributed by atoms with Crippen LogP contribution in [-0.2, 0) is 9.53 Å². The van der Waals surface area contributed by atoms with E-state index in [-0.39, 0.29) is 29.7 Å². The summed E-state index contributed by atoms with van der Waals surface area (Å²) in [5, 5.41) is 2.83. The van der Waals surface area contributed by atoms with E-state index >= 15 is 0 Å². The summed E-state index contributed by atoms with van der Waals surface area (Å²) in [5.41, 5.74) is 1.29. The van der Waals surface area contributed by atoms with Crippen LogP contribution in [0.2, 0.25) is 0 Å². The number of nitrogens with zero attached hydrogens (tertiary/aromatic N) is 1. The Morgan fingerprint density at radius 3 is 2.76 bits per heavy atom. The standard InChI is InChI=1S/C19H24N2O4/c1-3-5-12(2)17(22)20-13-7-8-15-16(10-13)19(24)21(18(15)23)11-14-6-4-9-25-14/h7-8,10,12,14H,3-6,9,11H2,1-2H3,(H,20,22)/t12-,14-/m1/s1. The molecule has 1 aromatic rings. The highest BCUT2D eigenvalue weighted by molar-refractivity contribution is 6.21. The van der Waals surface area contributed by atoms with Gasteiger partial charge >= 0.3 is 0 Å². The molecule has 1 saturated heterocycles. The maximum atomic E-state index is 12.6. The molecule has 0 saturated carbocycles. The number of rotatable bonds is 6. The van der Waals surface area contributed by atoms with E-state index in [9.17, 15) is 14.4 Å². The Bertz CT molecular complexity index is 695. The van der Waals surface area contributed by atoms with Crippen LogP contribution in [0.25, 0.3) is 0 Å². The van der Waals surface area contributed by atoms with Crippen molar-refractivity contribution in [1.82, 2.24) is 4.90 Å². The van der Waals surface area contributed by atoms with E-state index in [4.69, 9.17) is 4.74 Å². The van der Waals surface area contributed by atoms with E-state index in [1.165, 1.54) is 4.90 Å².